The number of rotatable bonds is 7. The lowest BCUT2D eigenvalue weighted by Crippen LogP contribution is -2.12. The summed E-state index contributed by atoms with van der Waals surface area (Å²) in [5, 5.41) is 7.36. The molecular weight excluding hydrogens is 701 g/mol. The molecule has 11 aromatic rings. The lowest BCUT2D eigenvalue weighted by atomic mass is 9.87. The molecule has 0 aliphatic rings. The van der Waals surface area contributed by atoms with E-state index in [9.17, 15) is 0 Å². The Kier molecular flexibility index (Phi) is 8.19. The van der Waals surface area contributed by atoms with Crippen LogP contribution in [-0.4, -0.2) is 4.57 Å². The molecule has 0 saturated heterocycles. The van der Waals surface area contributed by atoms with Crippen molar-refractivity contribution < 1.29 is 0 Å². The van der Waals surface area contributed by atoms with Crippen molar-refractivity contribution in [3.63, 3.8) is 0 Å². The number of anilines is 3. The summed E-state index contributed by atoms with van der Waals surface area (Å²) in [5.41, 5.74) is 13.9. The molecule has 272 valence electrons. The average Bonchev–Trinajstić information content (AvgIpc) is 3.65. The van der Waals surface area contributed by atoms with Gasteiger partial charge in [0.25, 0.3) is 0 Å². The highest BCUT2D eigenvalue weighted by Crippen LogP contribution is 2.51. The van der Waals surface area contributed by atoms with E-state index in [-0.39, 0.29) is 0 Å². The second-order valence-electron chi connectivity index (χ2n) is 14.9. The Hall–Kier alpha value is -7.68. The number of aromatic nitrogens is 1. The molecular formula is C56H38N2. The summed E-state index contributed by atoms with van der Waals surface area (Å²) in [4.78, 5) is 2.52. The molecule has 1 heterocycles. The van der Waals surface area contributed by atoms with E-state index in [4.69, 9.17) is 0 Å². The van der Waals surface area contributed by atoms with E-state index in [2.05, 4.69) is 240 Å². The molecule has 0 radical (unpaired) electrons. The fourth-order valence-electron chi connectivity index (χ4n) is 9.03. The standard InChI is InChI=1S/C56H38N2/c1-4-18-39(19-5-1)46-26-12-13-27-49(46)55-48(40-20-6-2-7-21-40)29-16-31-52(55)58(44-36-37-47-42(38-44)35-34-41-22-10-11-25-45(41)47)54-33-17-32-53-56(54)50-28-14-15-30-51(50)57(53)43-23-8-3-9-24-43/h1-38H. The van der Waals surface area contributed by atoms with Crippen LogP contribution in [0.15, 0.2) is 231 Å². The molecule has 0 bridgehead atoms. The van der Waals surface area contributed by atoms with Gasteiger partial charge in [-0.25, -0.2) is 0 Å². The van der Waals surface area contributed by atoms with Crippen molar-refractivity contribution in [1.29, 1.82) is 0 Å². The van der Waals surface area contributed by atoms with Crippen molar-refractivity contribution in [3.8, 4) is 39.1 Å². The van der Waals surface area contributed by atoms with Gasteiger partial charge in [0.2, 0.25) is 0 Å². The molecule has 0 atom stereocenters. The lowest BCUT2D eigenvalue weighted by Gasteiger charge is -2.31. The minimum atomic E-state index is 1.09. The zero-order valence-corrected chi connectivity index (χ0v) is 31.8. The molecule has 2 nitrogen and oxygen atoms in total. The van der Waals surface area contributed by atoms with Gasteiger partial charge in [0.1, 0.15) is 0 Å². The molecule has 0 aliphatic heterocycles. The first-order valence-electron chi connectivity index (χ1n) is 19.9. The van der Waals surface area contributed by atoms with Crippen molar-refractivity contribution >= 4 is 60.4 Å². The smallest absolute Gasteiger partial charge is 0.0562 e. The molecule has 0 fully saturated rings. The van der Waals surface area contributed by atoms with E-state index >= 15 is 0 Å². The second kappa shape index (κ2) is 14.1. The van der Waals surface area contributed by atoms with Gasteiger partial charge in [0.15, 0.2) is 0 Å². The Morgan fingerprint density at radius 3 is 1.67 bits per heavy atom. The zero-order valence-electron chi connectivity index (χ0n) is 31.8. The second-order valence-corrected chi connectivity index (χ2v) is 14.9. The van der Waals surface area contributed by atoms with E-state index in [1.54, 1.807) is 0 Å². The highest BCUT2D eigenvalue weighted by molar-refractivity contribution is 6.18. The average molecular weight is 739 g/mol. The summed E-state index contributed by atoms with van der Waals surface area (Å²) < 4.78 is 2.41. The highest BCUT2D eigenvalue weighted by atomic mass is 15.2. The van der Waals surface area contributed by atoms with Gasteiger partial charge < -0.3 is 9.47 Å². The Balaban J connectivity index is 1.27. The molecule has 1 aromatic heterocycles. The summed E-state index contributed by atoms with van der Waals surface area (Å²) in [6.07, 6.45) is 0. The first-order valence-corrected chi connectivity index (χ1v) is 19.9. The molecule has 0 N–H and O–H groups in total. The van der Waals surface area contributed by atoms with E-state index < -0.39 is 0 Å². The van der Waals surface area contributed by atoms with Crippen LogP contribution >= 0.6 is 0 Å². The van der Waals surface area contributed by atoms with Crippen molar-refractivity contribution in [2.75, 3.05) is 4.90 Å². The van der Waals surface area contributed by atoms with E-state index in [0.717, 1.165) is 28.3 Å². The fourth-order valence-corrected chi connectivity index (χ4v) is 9.03. The Labute approximate surface area is 338 Å². The first-order chi connectivity index (χ1) is 28.8. The molecule has 11 rings (SSSR count). The van der Waals surface area contributed by atoms with E-state index in [1.807, 2.05) is 0 Å². The maximum atomic E-state index is 2.52. The minimum absolute atomic E-state index is 1.09. The van der Waals surface area contributed by atoms with Crippen molar-refractivity contribution in [3.05, 3.63) is 231 Å². The van der Waals surface area contributed by atoms with Gasteiger partial charge >= 0.3 is 0 Å². The third-order valence-corrected chi connectivity index (χ3v) is 11.6. The maximum absolute atomic E-state index is 2.52. The summed E-state index contributed by atoms with van der Waals surface area (Å²) in [6, 6.07) is 83.9. The number of hydrogen-bond donors (Lipinski definition) is 0. The van der Waals surface area contributed by atoms with Gasteiger partial charge in [-0.2, -0.15) is 0 Å². The maximum Gasteiger partial charge on any atom is 0.0562 e. The molecule has 0 saturated carbocycles. The molecule has 0 unspecified atom stereocenters. The summed E-state index contributed by atoms with van der Waals surface area (Å²) in [7, 11) is 0. The Morgan fingerprint density at radius 1 is 0.328 bits per heavy atom. The Morgan fingerprint density at radius 2 is 0.879 bits per heavy atom. The summed E-state index contributed by atoms with van der Waals surface area (Å²) in [6.45, 7) is 0. The van der Waals surface area contributed by atoms with Crippen LogP contribution in [0.1, 0.15) is 0 Å². The van der Waals surface area contributed by atoms with Crippen LogP contribution in [0, 0.1) is 0 Å². The predicted molar refractivity (Wildman–Crippen MR) is 247 cm³/mol. The molecule has 10 aromatic carbocycles. The topological polar surface area (TPSA) is 8.17 Å². The first kappa shape index (κ1) is 33.6. The predicted octanol–water partition coefficient (Wildman–Crippen LogP) is 15.6. The monoisotopic (exact) mass is 738 g/mol. The van der Waals surface area contributed by atoms with Gasteiger partial charge in [0, 0.05) is 27.7 Å². The summed E-state index contributed by atoms with van der Waals surface area (Å²) >= 11 is 0. The third-order valence-electron chi connectivity index (χ3n) is 11.6. The Bertz CT molecular complexity index is 3270. The van der Waals surface area contributed by atoms with Gasteiger partial charge in [-0.05, 0) is 97.9 Å². The van der Waals surface area contributed by atoms with Gasteiger partial charge in [-0.3, -0.25) is 0 Å². The van der Waals surface area contributed by atoms with Crippen LogP contribution in [0.4, 0.5) is 17.1 Å². The lowest BCUT2D eigenvalue weighted by molar-refractivity contribution is 1.18. The number of para-hydroxylation sites is 2. The molecule has 2 heteroatoms. The molecule has 0 aliphatic carbocycles. The number of benzene rings is 10. The SMILES string of the molecule is c1ccc(-c2ccccc2-c2c(-c3ccccc3)cccc2N(c2ccc3c(ccc4ccccc43)c2)c2cccc3c2c2ccccc2n3-c2ccccc2)cc1. The molecule has 58 heavy (non-hydrogen) atoms. The third kappa shape index (κ3) is 5.57. The van der Waals surface area contributed by atoms with Crippen LogP contribution in [0.3, 0.4) is 0 Å². The van der Waals surface area contributed by atoms with Crippen LogP contribution in [0.2, 0.25) is 0 Å². The van der Waals surface area contributed by atoms with E-state index in [0.29, 0.717) is 0 Å². The highest BCUT2D eigenvalue weighted by Gasteiger charge is 2.26. The summed E-state index contributed by atoms with van der Waals surface area (Å²) in [5.74, 6) is 0. The number of fused-ring (bicyclic) bond motifs is 6. The van der Waals surface area contributed by atoms with E-state index in [1.165, 1.54) is 71.2 Å². The quantitative estimate of drug-likeness (QED) is 0.148. The zero-order chi connectivity index (χ0) is 38.4. The fraction of sp³-hybridized carbons (Fsp3) is 0. The normalized spacial score (nSPS) is 11.4. The van der Waals surface area contributed by atoms with Crippen LogP contribution in [0.25, 0.3) is 82.4 Å². The van der Waals surface area contributed by atoms with Crippen molar-refractivity contribution in [2.24, 2.45) is 0 Å². The van der Waals surface area contributed by atoms with Crippen molar-refractivity contribution in [2.45, 2.75) is 0 Å². The van der Waals surface area contributed by atoms with Crippen LogP contribution in [-0.2, 0) is 0 Å². The largest absolute Gasteiger partial charge is 0.309 e. The number of nitrogens with zero attached hydrogens (tertiary/aromatic N) is 2. The molecule has 0 amide bonds. The number of hydrogen-bond acceptors (Lipinski definition) is 1. The van der Waals surface area contributed by atoms with Gasteiger partial charge in [0.05, 0.1) is 22.4 Å². The molecule has 0 spiro atoms. The van der Waals surface area contributed by atoms with Gasteiger partial charge in [-0.15, -0.1) is 0 Å². The van der Waals surface area contributed by atoms with Crippen LogP contribution in [0.5, 0.6) is 0 Å². The minimum Gasteiger partial charge on any atom is -0.309 e. The van der Waals surface area contributed by atoms with Crippen LogP contribution < -0.4 is 4.90 Å². The van der Waals surface area contributed by atoms with Crippen molar-refractivity contribution in [1.82, 2.24) is 4.57 Å². The van der Waals surface area contributed by atoms with Gasteiger partial charge in [-0.1, -0.05) is 182 Å².